The molecule has 0 aromatic heterocycles. The second kappa shape index (κ2) is 4.44. The van der Waals surface area contributed by atoms with Gasteiger partial charge in [0, 0.05) is 16.5 Å². The van der Waals surface area contributed by atoms with Crippen LogP contribution in [-0.4, -0.2) is 5.78 Å². The van der Waals surface area contributed by atoms with Crippen LogP contribution >= 0.6 is 15.9 Å². The van der Waals surface area contributed by atoms with Gasteiger partial charge in [-0.15, -0.1) is 0 Å². The van der Waals surface area contributed by atoms with Gasteiger partial charge in [0.15, 0.2) is 5.78 Å². The Labute approximate surface area is 105 Å². The van der Waals surface area contributed by atoms with Crippen molar-refractivity contribution in [3.05, 3.63) is 33.8 Å². The molecule has 0 amide bonds. The highest BCUT2D eigenvalue weighted by Crippen LogP contribution is 2.36. The second-order valence-corrected chi connectivity index (χ2v) is 5.12. The Morgan fingerprint density at radius 3 is 2.53 bits per heavy atom. The van der Waals surface area contributed by atoms with Gasteiger partial charge < -0.3 is 0 Å². The molecule has 92 valence electrons. The number of halogens is 4. The summed E-state index contributed by atoms with van der Waals surface area (Å²) in [6, 6.07) is 3.18. The molecular formula is C12H10BrF3O. The van der Waals surface area contributed by atoms with E-state index >= 15 is 0 Å². The van der Waals surface area contributed by atoms with E-state index in [0.29, 0.717) is 16.8 Å². The van der Waals surface area contributed by atoms with Crippen molar-refractivity contribution in [2.75, 3.05) is 0 Å². The first kappa shape index (κ1) is 12.6. The van der Waals surface area contributed by atoms with E-state index in [9.17, 15) is 18.0 Å². The number of hydrogen-bond acceptors (Lipinski definition) is 1. The molecule has 1 aliphatic carbocycles. The summed E-state index contributed by atoms with van der Waals surface area (Å²) in [7, 11) is 0. The minimum absolute atomic E-state index is 0.131. The molecule has 0 aliphatic heterocycles. The molecule has 1 aliphatic rings. The number of ketones is 1. The average molecular weight is 307 g/mol. The van der Waals surface area contributed by atoms with Gasteiger partial charge in [-0.05, 0) is 37.0 Å². The fourth-order valence-electron chi connectivity index (χ4n) is 1.61. The van der Waals surface area contributed by atoms with E-state index in [1.807, 2.05) is 0 Å². The largest absolute Gasteiger partial charge is 0.416 e. The molecule has 0 radical (unpaired) electrons. The standard InChI is InChI=1S/C12H10BrF3O/c13-10-4-3-8(12(14,15)16)6-9(10)11(17)5-7-1-2-7/h3-4,6-7H,1-2,5H2. The third-order valence-electron chi connectivity index (χ3n) is 2.77. The molecule has 1 fully saturated rings. The fraction of sp³-hybridized carbons (Fsp3) is 0.417. The zero-order valence-corrected chi connectivity index (χ0v) is 10.4. The van der Waals surface area contributed by atoms with Crippen molar-refractivity contribution < 1.29 is 18.0 Å². The smallest absolute Gasteiger partial charge is 0.294 e. The van der Waals surface area contributed by atoms with Gasteiger partial charge in [-0.1, -0.05) is 15.9 Å². The zero-order chi connectivity index (χ0) is 12.6. The average Bonchev–Trinajstić information content (AvgIpc) is 3.00. The number of hydrogen-bond donors (Lipinski definition) is 0. The van der Waals surface area contributed by atoms with Gasteiger partial charge in [0.25, 0.3) is 0 Å². The van der Waals surface area contributed by atoms with Gasteiger partial charge in [0.1, 0.15) is 0 Å². The topological polar surface area (TPSA) is 17.1 Å². The van der Waals surface area contributed by atoms with Gasteiger partial charge in [-0.25, -0.2) is 0 Å². The summed E-state index contributed by atoms with van der Waals surface area (Å²) in [4.78, 5) is 11.8. The first-order chi connectivity index (χ1) is 7.88. The number of Topliss-reactive ketones (excluding diaryl/α,β-unsaturated/α-hetero) is 1. The lowest BCUT2D eigenvalue weighted by molar-refractivity contribution is -0.137. The Kier molecular flexibility index (Phi) is 3.30. The zero-order valence-electron chi connectivity index (χ0n) is 8.85. The quantitative estimate of drug-likeness (QED) is 0.754. The van der Waals surface area contributed by atoms with Crippen LogP contribution in [0.4, 0.5) is 13.2 Å². The van der Waals surface area contributed by atoms with E-state index in [4.69, 9.17) is 0 Å². The summed E-state index contributed by atoms with van der Waals surface area (Å²) in [6.07, 6.45) is -2.06. The molecule has 0 unspecified atom stereocenters. The lowest BCUT2D eigenvalue weighted by Gasteiger charge is -2.09. The SMILES string of the molecule is O=C(CC1CC1)c1cc(C(F)(F)F)ccc1Br. The molecular weight excluding hydrogens is 297 g/mol. The highest BCUT2D eigenvalue weighted by Gasteiger charge is 2.32. The van der Waals surface area contributed by atoms with E-state index < -0.39 is 11.7 Å². The predicted octanol–water partition coefficient (Wildman–Crippen LogP) is 4.45. The van der Waals surface area contributed by atoms with E-state index in [1.54, 1.807) is 0 Å². The molecule has 0 saturated heterocycles. The number of carbonyl (C=O) groups excluding carboxylic acids is 1. The van der Waals surface area contributed by atoms with Crippen molar-refractivity contribution >= 4 is 21.7 Å². The van der Waals surface area contributed by atoms with Crippen molar-refractivity contribution in [1.29, 1.82) is 0 Å². The Morgan fingerprint density at radius 1 is 1.35 bits per heavy atom. The molecule has 1 aromatic rings. The highest BCUT2D eigenvalue weighted by atomic mass is 79.9. The molecule has 0 spiro atoms. The number of rotatable bonds is 3. The van der Waals surface area contributed by atoms with Gasteiger partial charge in [-0.3, -0.25) is 4.79 Å². The molecule has 2 rings (SSSR count). The van der Waals surface area contributed by atoms with Crippen LogP contribution in [0.1, 0.15) is 35.2 Å². The summed E-state index contributed by atoms with van der Waals surface area (Å²) >= 11 is 3.12. The monoisotopic (exact) mass is 306 g/mol. The Bertz CT molecular complexity index is 450. The minimum atomic E-state index is -4.41. The highest BCUT2D eigenvalue weighted by molar-refractivity contribution is 9.10. The van der Waals surface area contributed by atoms with E-state index in [0.717, 1.165) is 25.0 Å². The molecule has 0 atom stereocenters. The van der Waals surface area contributed by atoms with Crippen molar-refractivity contribution in [3.8, 4) is 0 Å². The summed E-state index contributed by atoms with van der Waals surface area (Å²) in [5.41, 5.74) is -0.647. The Hall–Kier alpha value is -0.840. The summed E-state index contributed by atoms with van der Waals surface area (Å²) < 4.78 is 38.0. The summed E-state index contributed by atoms with van der Waals surface area (Å²) in [5.74, 6) is 0.148. The molecule has 1 nitrogen and oxygen atoms in total. The normalized spacial score (nSPS) is 16.0. The molecule has 0 heterocycles. The first-order valence-corrected chi connectivity index (χ1v) is 6.07. The van der Waals surface area contributed by atoms with Crippen molar-refractivity contribution in [2.24, 2.45) is 5.92 Å². The Balaban J connectivity index is 2.28. The van der Waals surface area contributed by atoms with E-state index in [-0.39, 0.29) is 11.3 Å². The third-order valence-corrected chi connectivity index (χ3v) is 3.46. The van der Waals surface area contributed by atoms with Crippen LogP contribution in [0.2, 0.25) is 0 Å². The van der Waals surface area contributed by atoms with Gasteiger partial charge in [-0.2, -0.15) is 13.2 Å². The van der Waals surface area contributed by atoms with Crippen molar-refractivity contribution in [1.82, 2.24) is 0 Å². The van der Waals surface area contributed by atoms with E-state index in [2.05, 4.69) is 15.9 Å². The maximum atomic E-state index is 12.5. The summed E-state index contributed by atoms with van der Waals surface area (Å²) in [6.45, 7) is 0. The molecule has 0 bridgehead atoms. The van der Waals surface area contributed by atoms with Crippen LogP contribution in [0, 0.1) is 5.92 Å². The van der Waals surface area contributed by atoms with Crippen LogP contribution in [0.15, 0.2) is 22.7 Å². The van der Waals surface area contributed by atoms with Crippen molar-refractivity contribution in [3.63, 3.8) is 0 Å². The van der Waals surface area contributed by atoms with Gasteiger partial charge in [0.05, 0.1) is 5.56 Å². The predicted molar refractivity (Wildman–Crippen MR) is 60.8 cm³/mol. The van der Waals surface area contributed by atoms with Crippen LogP contribution < -0.4 is 0 Å². The van der Waals surface area contributed by atoms with Crippen LogP contribution in [0.25, 0.3) is 0 Å². The van der Waals surface area contributed by atoms with Crippen molar-refractivity contribution in [2.45, 2.75) is 25.4 Å². The molecule has 17 heavy (non-hydrogen) atoms. The fourth-order valence-corrected chi connectivity index (χ4v) is 2.08. The number of alkyl halides is 3. The maximum absolute atomic E-state index is 12.5. The third kappa shape index (κ3) is 3.09. The molecule has 1 saturated carbocycles. The van der Waals surface area contributed by atoms with Crippen LogP contribution in [-0.2, 0) is 6.18 Å². The summed E-state index contributed by atoms with van der Waals surface area (Å²) in [5, 5.41) is 0. The Morgan fingerprint density at radius 2 is 2.00 bits per heavy atom. The molecule has 5 heteroatoms. The number of carbonyl (C=O) groups is 1. The van der Waals surface area contributed by atoms with E-state index in [1.165, 1.54) is 6.07 Å². The van der Waals surface area contributed by atoms with Gasteiger partial charge >= 0.3 is 6.18 Å². The van der Waals surface area contributed by atoms with Crippen LogP contribution in [0.5, 0.6) is 0 Å². The second-order valence-electron chi connectivity index (χ2n) is 4.26. The minimum Gasteiger partial charge on any atom is -0.294 e. The number of benzene rings is 1. The van der Waals surface area contributed by atoms with Gasteiger partial charge in [0.2, 0.25) is 0 Å². The first-order valence-electron chi connectivity index (χ1n) is 5.28. The maximum Gasteiger partial charge on any atom is 0.416 e. The lowest BCUT2D eigenvalue weighted by atomic mass is 10.0. The molecule has 0 N–H and O–H groups in total. The van der Waals surface area contributed by atoms with Crippen LogP contribution in [0.3, 0.4) is 0 Å². The molecule has 1 aromatic carbocycles. The lowest BCUT2D eigenvalue weighted by Crippen LogP contribution is -2.08.